The fraction of sp³-hybridized carbons (Fsp3) is 0.286. The molecule has 0 spiro atoms. The third-order valence-corrected chi connectivity index (χ3v) is 3.49. The molecule has 1 N–H and O–H groups in total. The van der Waals surface area contributed by atoms with E-state index in [1.165, 1.54) is 15.6 Å². The van der Waals surface area contributed by atoms with Crippen LogP contribution in [0, 0.1) is 11.8 Å². The molecule has 1 nitrogen and oxygen atoms in total. The van der Waals surface area contributed by atoms with Crippen molar-refractivity contribution in [3.05, 3.63) is 35.2 Å². The van der Waals surface area contributed by atoms with Crippen molar-refractivity contribution in [3.8, 4) is 11.8 Å². The predicted octanol–water partition coefficient (Wildman–Crippen LogP) is 3.40. The molecule has 2 rings (SSSR count). The van der Waals surface area contributed by atoms with Crippen LogP contribution in [0.3, 0.4) is 0 Å². The van der Waals surface area contributed by atoms with Crippen molar-refractivity contribution in [2.24, 2.45) is 0 Å². The van der Waals surface area contributed by atoms with Crippen LogP contribution >= 0.6 is 11.3 Å². The van der Waals surface area contributed by atoms with Crippen LogP contribution in [-0.4, -0.2) is 6.54 Å². The molecule has 0 aliphatic heterocycles. The summed E-state index contributed by atoms with van der Waals surface area (Å²) in [4.78, 5) is 0. The summed E-state index contributed by atoms with van der Waals surface area (Å²) >= 11 is 1.81. The van der Waals surface area contributed by atoms with Gasteiger partial charge < -0.3 is 5.32 Å². The molecule has 0 fully saturated rings. The number of hydrogen-bond acceptors (Lipinski definition) is 2. The number of fused-ring (bicyclic) bond motifs is 1. The Bertz CT molecular complexity index is 516. The van der Waals surface area contributed by atoms with Gasteiger partial charge in [0.2, 0.25) is 0 Å². The summed E-state index contributed by atoms with van der Waals surface area (Å²) in [6.45, 7) is 3.78. The standard InChI is InChI=1S/C14H15NS/c1-2-3-6-9-15-10-12-11-16-14-8-5-4-7-13(12)14/h4-5,7-8,11,15H,6,9-10H2,1H3. The average molecular weight is 229 g/mol. The minimum atomic E-state index is 0.929. The van der Waals surface area contributed by atoms with Crippen molar-refractivity contribution in [1.82, 2.24) is 5.32 Å². The second-order valence-electron chi connectivity index (χ2n) is 3.61. The lowest BCUT2D eigenvalue weighted by molar-refractivity contribution is 0.705. The van der Waals surface area contributed by atoms with E-state index < -0.39 is 0 Å². The number of rotatable bonds is 4. The lowest BCUT2D eigenvalue weighted by Gasteiger charge is -2.00. The SMILES string of the molecule is CC#CCCNCc1csc2ccccc12. The Kier molecular flexibility index (Phi) is 3.98. The Balaban J connectivity index is 1.96. The molecule has 0 bridgehead atoms. The van der Waals surface area contributed by atoms with Crippen LogP contribution in [0.4, 0.5) is 0 Å². The van der Waals surface area contributed by atoms with Crippen LogP contribution < -0.4 is 5.32 Å². The zero-order chi connectivity index (χ0) is 11.2. The largest absolute Gasteiger partial charge is 0.312 e. The van der Waals surface area contributed by atoms with E-state index >= 15 is 0 Å². The fourth-order valence-electron chi connectivity index (χ4n) is 1.67. The van der Waals surface area contributed by atoms with E-state index in [9.17, 15) is 0 Å². The molecule has 0 aliphatic carbocycles. The Hall–Kier alpha value is -1.30. The van der Waals surface area contributed by atoms with Crippen LogP contribution in [0.15, 0.2) is 29.6 Å². The van der Waals surface area contributed by atoms with Gasteiger partial charge in [-0.05, 0) is 29.3 Å². The van der Waals surface area contributed by atoms with Gasteiger partial charge in [-0.25, -0.2) is 0 Å². The molecule has 1 aromatic heterocycles. The highest BCUT2D eigenvalue weighted by Gasteiger charge is 2.01. The Labute approximate surface area is 100 Å². The molecule has 0 saturated carbocycles. The van der Waals surface area contributed by atoms with Crippen molar-refractivity contribution < 1.29 is 0 Å². The fourth-order valence-corrected chi connectivity index (χ4v) is 2.63. The second-order valence-corrected chi connectivity index (χ2v) is 4.52. The third-order valence-electron chi connectivity index (χ3n) is 2.48. The van der Waals surface area contributed by atoms with E-state index in [2.05, 4.69) is 46.8 Å². The summed E-state index contributed by atoms with van der Waals surface area (Å²) in [5.74, 6) is 5.96. The first kappa shape index (κ1) is 11.2. The lowest BCUT2D eigenvalue weighted by atomic mass is 10.2. The van der Waals surface area contributed by atoms with Gasteiger partial charge in [0.15, 0.2) is 0 Å². The van der Waals surface area contributed by atoms with Crippen LogP contribution in [0.5, 0.6) is 0 Å². The summed E-state index contributed by atoms with van der Waals surface area (Å²) in [6, 6.07) is 8.55. The maximum absolute atomic E-state index is 3.42. The first-order valence-electron chi connectivity index (χ1n) is 5.47. The third kappa shape index (κ3) is 2.63. The lowest BCUT2D eigenvalue weighted by Crippen LogP contribution is -2.13. The first-order valence-corrected chi connectivity index (χ1v) is 6.35. The molecule has 1 heterocycles. The maximum atomic E-state index is 3.42. The Morgan fingerprint density at radius 1 is 1.31 bits per heavy atom. The van der Waals surface area contributed by atoms with Crippen molar-refractivity contribution >= 4 is 21.4 Å². The number of nitrogens with one attached hydrogen (secondary N) is 1. The molecular weight excluding hydrogens is 214 g/mol. The van der Waals surface area contributed by atoms with E-state index in [-0.39, 0.29) is 0 Å². The second kappa shape index (κ2) is 5.69. The zero-order valence-electron chi connectivity index (χ0n) is 9.42. The molecule has 0 unspecified atom stereocenters. The minimum absolute atomic E-state index is 0.929. The van der Waals surface area contributed by atoms with Crippen molar-refractivity contribution in [2.75, 3.05) is 6.54 Å². The normalized spacial score (nSPS) is 10.1. The summed E-state index contributed by atoms with van der Waals surface area (Å²) < 4.78 is 1.37. The quantitative estimate of drug-likeness (QED) is 0.626. The van der Waals surface area contributed by atoms with Gasteiger partial charge in [-0.15, -0.1) is 23.2 Å². The molecule has 0 aliphatic rings. The van der Waals surface area contributed by atoms with Crippen molar-refractivity contribution in [2.45, 2.75) is 19.9 Å². The van der Waals surface area contributed by atoms with Crippen molar-refractivity contribution in [3.63, 3.8) is 0 Å². The first-order chi connectivity index (χ1) is 7.92. The van der Waals surface area contributed by atoms with Gasteiger partial charge in [-0.1, -0.05) is 18.2 Å². The van der Waals surface area contributed by atoms with Crippen LogP contribution in [0.2, 0.25) is 0 Å². The highest BCUT2D eigenvalue weighted by Crippen LogP contribution is 2.25. The van der Waals surface area contributed by atoms with E-state index in [0.29, 0.717) is 0 Å². The average Bonchev–Trinajstić information content (AvgIpc) is 2.73. The van der Waals surface area contributed by atoms with Gasteiger partial charge in [0.05, 0.1) is 0 Å². The monoisotopic (exact) mass is 229 g/mol. The van der Waals surface area contributed by atoms with E-state index in [0.717, 1.165) is 19.5 Å². The number of benzene rings is 1. The summed E-state index contributed by atoms with van der Waals surface area (Å²) in [7, 11) is 0. The molecule has 0 amide bonds. The van der Waals surface area contributed by atoms with Gasteiger partial charge in [-0.2, -0.15) is 0 Å². The van der Waals surface area contributed by atoms with E-state index in [4.69, 9.17) is 0 Å². The number of hydrogen-bond donors (Lipinski definition) is 1. The molecular formula is C14H15NS. The molecule has 0 atom stereocenters. The zero-order valence-corrected chi connectivity index (χ0v) is 10.2. The molecule has 0 saturated heterocycles. The predicted molar refractivity (Wildman–Crippen MR) is 71.6 cm³/mol. The van der Waals surface area contributed by atoms with E-state index in [1.807, 2.05) is 18.3 Å². The van der Waals surface area contributed by atoms with Gasteiger partial charge >= 0.3 is 0 Å². The van der Waals surface area contributed by atoms with E-state index in [1.54, 1.807) is 0 Å². The summed E-state index contributed by atoms with van der Waals surface area (Å²) in [6.07, 6.45) is 0.929. The molecule has 1 aromatic carbocycles. The highest BCUT2D eigenvalue weighted by atomic mass is 32.1. The Morgan fingerprint density at radius 3 is 3.06 bits per heavy atom. The molecule has 2 aromatic rings. The highest BCUT2D eigenvalue weighted by molar-refractivity contribution is 7.17. The van der Waals surface area contributed by atoms with Gasteiger partial charge in [0.25, 0.3) is 0 Å². The van der Waals surface area contributed by atoms with Gasteiger partial charge in [-0.3, -0.25) is 0 Å². The van der Waals surface area contributed by atoms with Crippen LogP contribution in [-0.2, 0) is 6.54 Å². The molecule has 2 heteroatoms. The summed E-state index contributed by atoms with van der Waals surface area (Å²) in [5.41, 5.74) is 1.39. The maximum Gasteiger partial charge on any atom is 0.0346 e. The molecule has 0 radical (unpaired) electrons. The molecule has 82 valence electrons. The van der Waals surface area contributed by atoms with Crippen molar-refractivity contribution in [1.29, 1.82) is 0 Å². The van der Waals surface area contributed by atoms with Crippen LogP contribution in [0.1, 0.15) is 18.9 Å². The smallest absolute Gasteiger partial charge is 0.0346 e. The summed E-state index contributed by atoms with van der Waals surface area (Å²) in [5, 5.41) is 7.03. The molecule has 16 heavy (non-hydrogen) atoms. The van der Waals surface area contributed by atoms with Gasteiger partial charge in [0, 0.05) is 24.2 Å². The van der Waals surface area contributed by atoms with Gasteiger partial charge in [0.1, 0.15) is 0 Å². The number of thiophene rings is 1. The minimum Gasteiger partial charge on any atom is -0.312 e. The topological polar surface area (TPSA) is 12.0 Å². The Morgan fingerprint density at radius 2 is 2.19 bits per heavy atom. The van der Waals surface area contributed by atoms with Crippen LogP contribution in [0.25, 0.3) is 10.1 Å².